The number of rotatable bonds is 9. The SMILES string of the molecule is CCC(C(=O)NC1CCCC1)N(CCc1ccccc1)C(=O)Cc1cccc(C)c1. The average Bonchev–Trinajstić information content (AvgIpc) is 3.24. The van der Waals surface area contributed by atoms with Crippen molar-refractivity contribution in [3.8, 4) is 0 Å². The van der Waals surface area contributed by atoms with Gasteiger partial charge in [0.2, 0.25) is 11.8 Å². The Bertz CT molecular complexity index is 828. The highest BCUT2D eigenvalue weighted by Crippen LogP contribution is 2.19. The first kappa shape index (κ1) is 22.1. The summed E-state index contributed by atoms with van der Waals surface area (Å²) in [7, 11) is 0. The molecule has 1 atom stereocenters. The third-order valence-corrected chi connectivity index (χ3v) is 6.01. The van der Waals surface area contributed by atoms with Gasteiger partial charge in [0, 0.05) is 12.6 Å². The fraction of sp³-hybridized carbons (Fsp3) is 0.462. The van der Waals surface area contributed by atoms with Gasteiger partial charge in [-0.1, -0.05) is 79.9 Å². The average molecular weight is 407 g/mol. The van der Waals surface area contributed by atoms with E-state index in [1.807, 2.05) is 56.3 Å². The number of benzene rings is 2. The van der Waals surface area contributed by atoms with Crippen LogP contribution >= 0.6 is 0 Å². The van der Waals surface area contributed by atoms with Crippen molar-refractivity contribution in [3.05, 3.63) is 71.3 Å². The molecule has 1 aliphatic rings. The molecule has 0 saturated heterocycles. The second kappa shape index (κ2) is 11.0. The van der Waals surface area contributed by atoms with Crippen molar-refractivity contribution in [1.82, 2.24) is 10.2 Å². The number of hydrogen-bond donors (Lipinski definition) is 1. The number of carbonyl (C=O) groups excluding carboxylic acids is 2. The molecule has 1 fully saturated rings. The van der Waals surface area contributed by atoms with Gasteiger partial charge in [-0.05, 0) is 43.7 Å². The fourth-order valence-electron chi connectivity index (χ4n) is 4.36. The van der Waals surface area contributed by atoms with E-state index in [0.717, 1.165) is 30.4 Å². The van der Waals surface area contributed by atoms with Crippen molar-refractivity contribution < 1.29 is 9.59 Å². The molecule has 0 spiro atoms. The topological polar surface area (TPSA) is 49.4 Å². The molecule has 2 aromatic rings. The van der Waals surface area contributed by atoms with Crippen LogP contribution in [0.5, 0.6) is 0 Å². The maximum atomic E-state index is 13.3. The van der Waals surface area contributed by atoms with Crippen LogP contribution in [0.25, 0.3) is 0 Å². The molecule has 4 heteroatoms. The number of carbonyl (C=O) groups is 2. The summed E-state index contributed by atoms with van der Waals surface area (Å²) in [4.78, 5) is 28.2. The first-order valence-electron chi connectivity index (χ1n) is 11.3. The molecule has 0 aromatic heterocycles. The number of hydrogen-bond acceptors (Lipinski definition) is 2. The van der Waals surface area contributed by atoms with Crippen LogP contribution in [0.2, 0.25) is 0 Å². The van der Waals surface area contributed by atoms with E-state index in [9.17, 15) is 9.59 Å². The maximum absolute atomic E-state index is 13.3. The van der Waals surface area contributed by atoms with Gasteiger partial charge in [-0.2, -0.15) is 0 Å². The second-order valence-corrected chi connectivity index (χ2v) is 8.40. The van der Waals surface area contributed by atoms with Gasteiger partial charge < -0.3 is 10.2 Å². The highest BCUT2D eigenvalue weighted by molar-refractivity contribution is 5.88. The van der Waals surface area contributed by atoms with Gasteiger partial charge in [-0.3, -0.25) is 9.59 Å². The lowest BCUT2D eigenvalue weighted by Gasteiger charge is -2.31. The molecule has 1 saturated carbocycles. The smallest absolute Gasteiger partial charge is 0.243 e. The number of nitrogens with zero attached hydrogens (tertiary/aromatic N) is 1. The minimum absolute atomic E-state index is 0.00458. The Morgan fingerprint density at radius 1 is 1.03 bits per heavy atom. The Labute approximate surface area is 180 Å². The van der Waals surface area contributed by atoms with Crippen LogP contribution in [0.3, 0.4) is 0 Å². The van der Waals surface area contributed by atoms with Crippen molar-refractivity contribution in [2.75, 3.05) is 6.54 Å². The van der Waals surface area contributed by atoms with E-state index in [-0.39, 0.29) is 17.9 Å². The Hall–Kier alpha value is -2.62. The summed E-state index contributed by atoms with van der Waals surface area (Å²) in [5.41, 5.74) is 3.31. The standard InChI is InChI=1S/C26H34N2O2/c1-3-24(26(30)27-23-14-7-8-15-23)28(17-16-21-11-5-4-6-12-21)25(29)19-22-13-9-10-20(2)18-22/h4-6,9-13,18,23-24H,3,7-8,14-17,19H2,1-2H3,(H,27,30). The van der Waals surface area contributed by atoms with E-state index in [4.69, 9.17) is 0 Å². The summed E-state index contributed by atoms with van der Waals surface area (Å²) in [6, 6.07) is 18.0. The lowest BCUT2D eigenvalue weighted by molar-refractivity contribution is -0.140. The number of nitrogens with one attached hydrogen (secondary N) is 1. The van der Waals surface area contributed by atoms with Gasteiger partial charge in [0.25, 0.3) is 0 Å². The normalized spacial score (nSPS) is 15.0. The molecule has 2 aromatic carbocycles. The van der Waals surface area contributed by atoms with Crippen molar-refractivity contribution in [1.29, 1.82) is 0 Å². The summed E-state index contributed by atoms with van der Waals surface area (Å²) in [5.74, 6) is 0.0139. The predicted octanol–water partition coefficient (Wildman–Crippen LogP) is 4.45. The van der Waals surface area contributed by atoms with Crippen LogP contribution in [0, 0.1) is 6.92 Å². The first-order valence-corrected chi connectivity index (χ1v) is 11.3. The lowest BCUT2D eigenvalue weighted by Crippen LogP contribution is -2.52. The fourth-order valence-corrected chi connectivity index (χ4v) is 4.36. The summed E-state index contributed by atoms with van der Waals surface area (Å²) in [5, 5.41) is 3.20. The van der Waals surface area contributed by atoms with Gasteiger partial charge in [0.1, 0.15) is 6.04 Å². The highest BCUT2D eigenvalue weighted by atomic mass is 16.2. The predicted molar refractivity (Wildman–Crippen MR) is 121 cm³/mol. The van der Waals surface area contributed by atoms with E-state index in [2.05, 4.69) is 17.4 Å². The molecular weight excluding hydrogens is 372 g/mol. The van der Waals surface area contributed by atoms with Crippen LogP contribution in [0.1, 0.15) is 55.7 Å². The van der Waals surface area contributed by atoms with Crippen LogP contribution in [-0.4, -0.2) is 35.3 Å². The quantitative estimate of drug-likeness (QED) is 0.669. The summed E-state index contributed by atoms with van der Waals surface area (Å²) in [6.07, 6.45) is 6.12. The Morgan fingerprint density at radius 3 is 2.40 bits per heavy atom. The molecule has 30 heavy (non-hydrogen) atoms. The molecule has 1 unspecified atom stereocenters. The Balaban J connectivity index is 1.75. The van der Waals surface area contributed by atoms with Crippen LogP contribution in [-0.2, 0) is 22.4 Å². The van der Waals surface area contributed by atoms with Crippen molar-refractivity contribution >= 4 is 11.8 Å². The minimum atomic E-state index is -0.424. The molecule has 0 aliphatic heterocycles. The third kappa shape index (κ3) is 6.19. The largest absolute Gasteiger partial charge is 0.352 e. The first-order chi connectivity index (χ1) is 14.6. The summed E-state index contributed by atoms with van der Waals surface area (Å²) < 4.78 is 0. The van der Waals surface area contributed by atoms with E-state index in [1.54, 1.807) is 4.90 Å². The molecule has 3 rings (SSSR count). The summed E-state index contributed by atoms with van der Waals surface area (Å²) >= 11 is 0. The monoisotopic (exact) mass is 406 g/mol. The van der Waals surface area contributed by atoms with Gasteiger partial charge in [-0.15, -0.1) is 0 Å². The molecule has 0 bridgehead atoms. The van der Waals surface area contributed by atoms with E-state index >= 15 is 0 Å². The van der Waals surface area contributed by atoms with Crippen LogP contribution in [0.15, 0.2) is 54.6 Å². The molecule has 1 aliphatic carbocycles. The Morgan fingerprint density at radius 2 is 1.73 bits per heavy atom. The Kier molecular flexibility index (Phi) is 8.06. The van der Waals surface area contributed by atoms with Crippen LogP contribution < -0.4 is 5.32 Å². The molecule has 1 N–H and O–H groups in total. The molecule has 4 nitrogen and oxygen atoms in total. The third-order valence-electron chi connectivity index (χ3n) is 6.01. The second-order valence-electron chi connectivity index (χ2n) is 8.40. The van der Waals surface area contributed by atoms with Gasteiger partial charge >= 0.3 is 0 Å². The van der Waals surface area contributed by atoms with Gasteiger partial charge in [-0.25, -0.2) is 0 Å². The zero-order chi connectivity index (χ0) is 21.3. The molecule has 160 valence electrons. The van der Waals surface area contributed by atoms with Crippen molar-refractivity contribution in [3.63, 3.8) is 0 Å². The summed E-state index contributed by atoms with van der Waals surface area (Å²) in [6.45, 7) is 4.57. The van der Waals surface area contributed by atoms with Crippen molar-refractivity contribution in [2.45, 2.75) is 70.9 Å². The van der Waals surface area contributed by atoms with Gasteiger partial charge in [0.15, 0.2) is 0 Å². The van der Waals surface area contributed by atoms with E-state index in [1.165, 1.54) is 18.4 Å². The van der Waals surface area contributed by atoms with Gasteiger partial charge in [0.05, 0.1) is 6.42 Å². The zero-order valence-corrected chi connectivity index (χ0v) is 18.3. The minimum Gasteiger partial charge on any atom is -0.352 e. The highest BCUT2D eigenvalue weighted by Gasteiger charge is 2.30. The molecule has 0 heterocycles. The zero-order valence-electron chi connectivity index (χ0n) is 18.3. The van der Waals surface area contributed by atoms with Crippen molar-refractivity contribution in [2.24, 2.45) is 0 Å². The maximum Gasteiger partial charge on any atom is 0.243 e. The lowest BCUT2D eigenvalue weighted by atomic mass is 10.0. The number of amides is 2. The molecular formula is C26H34N2O2. The molecule has 0 radical (unpaired) electrons. The van der Waals surface area contributed by atoms with E-state index in [0.29, 0.717) is 19.4 Å². The van der Waals surface area contributed by atoms with Crippen LogP contribution in [0.4, 0.5) is 0 Å². The van der Waals surface area contributed by atoms with E-state index < -0.39 is 6.04 Å². The number of aryl methyl sites for hydroxylation is 1. The molecule has 2 amide bonds.